The number of carbonyl (C=O) groups excluding carboxylic acids is 2. The molecule has 0 spiro atoms. The first-order valence-electron chi connectivity index (χ1n) is 7.44. The molecule has 1 aromatic carbocycles. The lowest BCUT2D eigenvalue weighted by Crippen LogP contribution is -2.31. The fourth-order valence-electron chi connectivity index (χ4n) is 2.07. The number of aromatic nitrogens is 1. The second-order valence-corrected chi connectivity index (χ2v) is 5.29. The van der Waals surface area contributed by atoms with Gasteiger partial charge in [0.05, 0.1) is 0 Å². The molecule has 2 aromatic rings. The van der Waals surface area contributed by atoms with Crippen LogP contribution in [-0.2, 0) is 11.2 Å². The number of hydrogen-bond donors (Lipinski definition) is 3. The van der Waals surface area contributed by atoms with Crippen LogP contribution in [0.5, 0.6) is 5.75 Å². The standard InChI is InChI=1S/C17H19N3O4/c1-11-2-7-14(17(23)20-11)16(22)19-9-8-12-3-5-13(6-4-12)24-10-15(18)21/h2-7H,8-10H2,1H3,(H2,18,21)(H,19,22)(H,20,23). The number of nitrogens with one attached hydrogen (secondary N) is 2. The third-order valence-electron chi connectivity index (χ3n) is 3.30. The first-order valence-corrected chi connectivity index (χ1v) is 7.44. The molecule has 0 aliphatic heterocycles. The van der Waals surface area contributed by atoms with Crippen LogP contribution in [-0.4, -0.2) is 29.9 Å². The fraction of sp³-hybridized carbons (Fsp3) is 0.235. The van der Waals surface area contributed by atoms with Crippen molar-refractivity contribution >= 4 is 11.8 Å². The molecule has 4 N–H and O–H groups in total. The number of aryl methyl sites for hydroxylation is 1. The maximum Gasteiger partial charge on any atom is 0.260 e. The molecule has 1 aromatic heterocycles. The molecule has 2 rings (SSSR count). The minimum Gasteiger partial charge on any atom is -0.484 e. The molecule has 24 heavy (non-hydrogen) atoms. The van der Waals surface area contributed by atoms with Gasteiger partial charge in [0.2, 0.25) is 0 Å². The van der Waals surface area contributed by atoms with E-state index in [9.17, 15) is 14.4 Å². The van der Waals surface area contributed by atoms with E-state index >= 15 is 0 Å². The second kappa shape index (κ2) is 7.96. The Morgan fingerprint density at radius 3 is 2.50 bits per heavy atom. The van der Waals surface area contributed by atoms with Gasteiger partial charge in [-0.05, 0) is 43.2 Å². The van der Waals surface area contributed by atoms with Gasteiger partial charge in [-0.25, -0.2) is 0 Å². The van der Waals surface area contributed by atoms with E-state index < -0.39 is 17.4 Å². The summed E-state index contributed by atoms with van der Waals surface area (Å²) >= 11 is 0. The second-order valence-electron chi connectivity index (χ2n) is 5.29. The van der Waals surface area contributed by atoms with Crippen molar-refractivity contribution < 1.29 is 14.3 Å². The number of ether oxygens (including phenoxy) is 1. The first kappa shape index (κ1) is 17.3. The number of benzene rings is 1. The molecule has 0 atom stereocenters. The minimum absolute atomic E-state index is 0.0933. The quantitative estimate of drug-likeness (QED) is 0.687. The third kappa shape index (κ3) is 4.98. The Morgan fingerprint density at radius 1 is 1.17 bits per heavy atom. The highest BCUT2D eigenvalue weighted by Crippen LogP contribution is 2.12. The Morgan fingerprint density at radius 2 is 1.88 bits per heavy atom. The Balaban J connectivity index is 1.84. The SMILES string of the molecule is Cc1ccc(C(=O)NCCc2ccc(OCC(N)=O)cc2)c(=O)[nH]1. The lowest BCUT2D eigenvalue weighted by Gasteiger charge is -2.07. The number of primary amides is 1. The number of amides is 2. The fourth-order valence-corrected chi connectivity index (χ4v) is 2.07. The molecule has 0 aliphatic rings. The predicted molar refractivity (Wildman–Crippen MR) is 89.0 cm³/mol. The van der Waals surface area contributed by atoms with Gasteiger partial charge < -0.3 is 20.8 Å². The van der Waals surface area contributed by atoms with Crippen molar-refractivity contribution in [3.05, 3.63) is 63.6 Å². The molecule has 2 amide bonds. The van der Waals surface area contributed by atoms with Crippen molar-refractivity contribution in [3.63, 3.8) is 0 Å². The normalized spacial score (nSPS) is 10.2. The molecule has 126 valence electrons. The van der Waals surface area contributed by atoms with Crippen molar-refractivity contribution in [3.8, 4) is 5.75 Å². The summed E-state index contributed by atoms with van der Waals surface area (Å²) in [5.41, 5.74) is 6.39. The number of rotatable bonds is 7. The Hall–Kier alpha value is -3.09. The number of hydrogen-bond acceptors (Lipinski definition) is 4. The van der Waals surface area contributed by atoms with E-state index in [2.05, 4.69) is 10.3 Å². The van der Waals surface area contributed by atoms with Crippen molar-refractivity contribution in [2.24, 2.45) is 5.73 Å². The summed E-state index contributed by atoms with van der Waals surface area (Å²) in [5.74, 6) is -0.390. The molecular formula is C17H19N3O4. The Bertz CT molecular complexity index is 781. The van der Waals surface area contributed by atoms with Crippen LogP contribution in [0.15, 0.2) is 41.2 Å². The van der Waals surface area contributed by atoms with E-state index in [1.165, 1.54) is 6.07 Å². The number of aromatic amines is 1. The van der Waals surface area contributed by atoms with E-state index in [0.29, 0.717) is 24.4 Å². The zero-order valence-electron chi connectivity index (χ0n) is 13.3. The molecule has 0 unspecified atom stereocenters. The van der Waals surface area contributed by atoms with Gasteiger partial charge in [-0.3, -0.25) is 14.4 Å². The highest BCUT2D eigenvalue weighted by Gasteiger charge is 2.09. The average Bonchev–Trinajstić information content (AvgIpc) is 2.54. The summed E-state index contributed by atoms with van der Waals surface area (Å²) in [5, 5.41) is 2.71. The monoisotopic (exact) mass is 329 g/mol. The summed E-state index contributed by atoms with van der Waals surface area (Å²) in [7, 11) is 0. The zero-order chi connectivity index (χ0) is 17.5. The topological polar surface area (TPSA) is 114 Å². The van der Waals surface area contributed by atoms with Crippen LogP contribution in [0.4, 0.5) is 0 Å². The van der Waals surface area contributed by atoms with Crippen molar-refractivity contribution in [1.29, 1.82) is 0 Å². The summed E-state index contributed by atoms with van der Waals surface area (Å²) < 4.78 is 5.16. The maximum atomic E-state index is 12.0. The number of carbonyl (C=O) groups is 2. The predicted octanol–water partition coefficient (Wildman–Crippen LogP) is 0.520. The largest absolute Gasteiger partial charge is 0.484 e. The van der Waals surface area contributed by atoms with Gasteiger partial charge in [-0.2, -0.15) is 0 Å². The van der Waals surface area contributed by atoms with Crippen LogP contribution >= 0.6 is 0 Å². The highest BCUT2D eigenvalue weighted by molar-refractivity contribution is 5.93. The lowest BCUT2D eigenvalue weighted by atomic mass is 10.1. The van der Waals surface area contributed by atoms with E-state index in [4.69, 9.17) is 10.5 Å². The van der Waals surface area contributed by atoms with E-state index in [1.54, 1.807) is 25.1 Å². The van der Waals surface area contributed by atoms with Crippen LogP contribution in [0.1, 0.15) is 21.6 Å². The molecule has 7 nitrogen and oxygen atoms in total. The lowest BCUT2D eigenvalue weighted by molar-refractivity contribution is -0.119. The molecule has 0 saturated carbocycles. The summed E-state index contributed by atoms with van der Waals surface area (Å²) in [4.78, 5) is 36.9. The van der Waals surface area contributed by atoms with Crippen LogP contribution in [0.25, 0.3) is 0 Å². The van der Waals surface area contributed by atoms with Gasteiger partial charge >= 0.3 is 0 Å². The molecule has 0 radical (unpaired) electrons. The number of H-pyrrole nitrogens is 1. The molecule has 0 aliphatic carbocycles. The molecular weight excluding hydrogens is 310 g/mol. The van der Waals surface area contributed by atoms with Gasteiger partial charge in [0.1, 0.15) is 11.3 Å². The van der Waals surface area contributed by atoms with E-state index in [1.807, 2.05) is 12.1 Å². The van der Waals surface area contributed by atoms with E-state index in [0.717, 1.165) is 5.56 Å². The zero-order valence-corrected chi connectivity index (χ0v) is 13.3. The van der Waals surface area contributed by atoms with Crippen LogP contribution in [0.3, 0.4) is 0 Å². The molecule has 7 heteroatoms. The van der Waals surface area contributed by atoms with Gasteiger partial charge in [0, 0.05) is 12.2 Å². The van der Waals surface area contributed by atoms with Gasteiger partial charge in [0.25, 0.3) is 17.4 Å². The Labute approximate surface area is 138 Å². The highest BCUT2D eigenvalue weighted by atomic mass is 16.5. The van der Waals surface area contributed by atoms with E-state index in [-0.39, 0.29) is 12.2 Å². The van der Waals surface area contributed by atoms with Crippen molar-refractivity contribution in [2.45, 2.75) is 13.3 Å². The van der Waals surface area contributed by atoms with Gasteiger partial charge in [-0.15, -0.1) is 0 Å². The summed E-state index contributed by atoms with van der Waals surface area (Å²) in [6, 6.07) is 10.3. The maximum absolute atomic E-state index is 12.0. The molecule has 0 saturated heterocycles. The van der Waals surface area contributed by atoms with Crippen molar-refractivity contribution in [1.82, 2.24) is 10.3 Å². The minimum atomic E-state index is -0.534. The molecule has 1 heterocycles. The third-order valence-corrected chi connectivity index (χ3v) is 3.30. The summed E-state index contributed by atoms with van der Waals surface area (Å²) in [6.07, 6.45) is 0.603. The van der Waals surface area contributed by atoms with Crippen LogP contribution in [0, 0.1) is 6.92 Å². The van der Waals surface area contributed by atoms with Crippen LogP contribution in [0.2, 0.25) is 0 Å². The van der Waals surface area contributed by atoms with Crippen LogP contribution < -0.4 is 21.3 Å². The molecule has 0 fully saturated rings. The summed E-state index contributed by atoms with van der Waals surface area (Å²) in [6.45, 7) is 1.98. The van der Waals surface area contributed by atoms with Gasteiger partial charge in [0.15, 0.2) is 6.61 Å². The smallest absolute Gasteiger partial charge is 0.260 e. The number of pyridine rings is 1. The van der Waals surface area contributed by atoms with Crippen molar-refractivity contribution in [2.75, 3.05) is 13.2 Å². The average molecular weight is 329 g/mol. The first-order chi connectivity index (χ1) is 11.5. The number of nitrogens with two attached hydrogens (primary N) is 1. The van der Waals surface area contributed by atoms with Gasteiger partial charge in [-0.1, -0.05) is 12.1 Å². The molecule has 0 bridgehead atoms. The Kier molecular flexibility index (Phi) is 5.73.